The molecule has 3 aromatic rings. The largest absolute Gasteiger partial charge is 0.497 e. The van der Waals surface area contributed by atoms with Gasteiger partial charge in [-0.15, -0.1) is 10.2 Å². The number of benzene rings is 2. The normalized spacial score (nSPS) is 17.2. The molecule has 0 unspecified atom stereocenters. The first-order valence-corrected chi connectivity index (χ1v) is 12.1. The summed E-state index contributed by atoms with van der Waals surface area (Å²) in [7, 11) is -2.46. The number of amides is 1. The zero-order valence-corrected chi connectivity index (χ0v) is 19.3. The Hall–Kier alpha value is -3.02. The fourth-order valence-corrected chi connectivity index (χ4v) is 5.56. The highest BCUT2D eigenvalue weighted by Crippen LogP contribution is 2.41. The smallest absolute Gasteiger partial charge is 0.270 e. The molecule has 0 saturated carbocycles. The Kier molecular flexibility index (Phi) is 5.89. The Balaban J connectivity index is 1.56. The number of fused-ring (bicyclic) bond motifs is 1. The second kappa shape index (κ2) is 8.49. The Bertz CT molecular complexity index is 1240. The molecule has 1 amide bonds. The quantitative estimate of drug-likeness (QED) is 0.526. The number of ether oxygens (including phenoxy) is 2. The standard InChI is InChI=1S/C21H22N4O5S2/c1-21(2)12-16(15-11-14(29-3)9-10-17(15)30-21)25-32(27,28)20-24-23-19(31-20)22-18(26)13-7-5-4-6-8-13/h4-11,16,25H,12H2,1-3H3,(H,22,23,26)/t16-/m0/s1. The summed E-state index contributed by atoms with van der Waals surface area (Å²) in [5, 5.41) is 10.3. The lowest BCUT2D eigenvalue weighted by atomic mass is 9.90. The van der Waals surface area contributed by atoms with Crippen LogP contribution < -0.4 is 19.5 Å². The van der Waals surface area contributed by atoms with Crippen LogP contribution in [0, 0.1) is 0 Å². The van der Waals surface area contributed by atoms with Crippen molar-refractivity contribution < 1.29 is 22.7 Å². The van der Waals surface area contributed by atoms with Crippen molar-refractivity contribution in [2.45, 2.75) is 36.3 Å². The second-order valence-electron chi connectivity index (χ2n) is 7.84. The van der Waals surface area contributed by atoms with E-state index in [-0.39, 0.29) is 9.47 Å². The molecule has 2 aromatic carbocycles. The lowest BCUT2D eigenvalue weighted by molar-refractivity contribution is 0.0700. The van der Waals surface area contributed by atoms with Gasteiger partial charge in [-0.1, -0.05) is 29.5 Å². The zero-order valence-electron chi connectivity index (χ0n) is 17.7. The Labute approximate surface area is 189 Å². The highest BCUT2D eigenvalue weighted by atomic mass is 32.2. The highest BCUT2D eigenvalue weighted by Gasteiger charge is 2.37. The molecule has 11 heteroatoms. The summed E-state index contributed by atoms with van der Waals surface area (Å²) in [6, 6.07) is 13.3. The van der Waals surface area contributed by atoms with Crippen LogP contribution in [0.1, 0.15) is 42.2 Å². The van der Waals surface area contributed by atoms with Gasteiger partial charge in [0.05, 0.1) is 13.2 Å². The van der Waals surface area contributed by atoms with Crippen molar-refractivity contribution in [1.29, 1.82) is 0 Å². The number of carbonyl (C=O) groups is 1. The van der Waals surface area contributed by atoms with Crippen LogP contribution in [0.4, 0.5) is 5.13 Å². The molecule has 1 aliphatic rings. The van der Waals surface area contributed by atoms with Crippen LogP contribution in [0.25, 0.3) is 0 Å². The molecular weight excluding hydrogens is 452 g/mol. The Morgan fingerprint density at radius 1 is 1.19 bits per heavy atom. The predicted molar refractivity (Wildman–Crippen MR) is 120 cm³/mol. The fraction of sp³-hybridized carbons (Fsp3) is 0.286. The second-order valence-corrected chi connectivity index (χ2v) is 10.7. The summed E-state index contributed by atoms with van der Waals surface area (Å²) >= 11 is 0.780. The average Bonchev–Trinajstić information content (AvgIpc) is 3.23. The number of aromatic nitrogens is 2. The predicted octanol–water partition coefficient (Wildman–Crippen LogP) is 3.38. The van der Waals surface area contributed by atoms with E-state index in [1.165, 1.54) is 0 Å². The van der Waals surface area contributed by atoms with Gasteiger partial charge in [-0.25, -0.2) is 13.1 Å². The van der Waals surface area contributed by atoms with Crippen LogP contribution in [-0.2, 0) is 10.0 Å². The van der Waals surface area contributed by atoms with Crippen LogP contribution in [0.5, 0.6) is 11.5 Å². The molecule has 2 heterocycles. The molecule has 0 fully saturated rings. The Morgan fingerprint density at radius 3 is 2.66 bits per heavy atom. The zero-order chi connectivity index (χ0) is 22.9. The Morgan fingerprint density at radius 2 is 1.94 bits per heavy atom. The molecule has 168 valence electrons. The van der Waals surface area contributed by atoms with E-state index in [1.807, 2.05) is 13.8 Å². The van der Waals surface area contributed by atoms with Gasteiger partial charge in [-0.2, -0.15) is 0 Å². The highest BCUT2D eigenvalue weighted by molar-refractivity contribution is 7.91. The fourth-order valence-electron chi connectivity index (χ4n) is 3.43. The van der Waals surface area contributed by atoms with E-state index < -0.39 is 27.6 Å². The third kappa shape index (κ3) is 4.74. The van der Waals surface area contributed by atoms with Gasteiger partial charge in [-0.05, 0) is 44.2 Å². The number of methoxy groups -OCH3 is 1. The van der Waals surface area contributed by atoms with E-state index >= 15 is 0 Å². The van der Waals surface area contributed by atoms with Crippen molar-refractivity contribution in [2.75, 3.05) is 12.4 Å². The molecule has 1 atom stereocenters. The number of hydrogen-bond acceptors (Lipinski definition) is 8. The van der Waals surface area contributed by atoms with Crippen LogP contribution in [0.3, 0.4) is 0 Å². The molecule has 2 N–H and O–H groups in total. The van der Waals surface area contributed by atoms with Crippen molar-refractivity contribution in [1.82, 2.24) is 14.9 Å². The van der Waals surface area contributed by atoms with E-state index in [4.69, 9.17) is 9.47 Å². The maximum atomic E-state index is 13.1. The van der Waals surface area contributed by atoms with E-state index in [0.717, 1.165) is 11.3 Å². The molecule has 0 bridgehead atoms. The van der Waals surface area contributed by atoms with Crippen molar-refractivity contribution >= 4 is 32.4 Å². The van der Waals surface area contributed by atoms with Crippen LogP contribution >= 0.6 is 11.3 Å². The van der Waals surface area contributed by atoms with Crippen LogP contribution in [-0.4, -0.2) is 37.2 Å². The SMILES string of the molecule is COc1ccc2c(c1)[C@@H](NS(=O)(=O)c1nnc(NC(=O)c3ccccc3)s1)CC(C)(C)O2. The van der Waals surface area contributed by atoms with Gasteiger partial charge in [0.2, 0.25) is 9.47 Å². The van der Waals surface area contributed by atoms with E-state index in [9.17, 15) is 13.2 Å². The monoisotopic (exact) mass is 474 g/mol. The average molecular weight is 475 g/mol. The molecular formula is C21H22N4O5S2. The molecule has 0 aliphatic carbocycles. The van der Waals surface area contributed by atoms with Crippen molar-refractivity contribution in [3.8, 4) is 11.5 Å². The molecule has 4 rings (SSSR count). The number of carbonyl (C=O) groups excluding carboxylic acids is 1. The van der Waals surface area contributed by atoms with Crippen LogP contribution in [0.2, 0.25) is 0 Å². The topological polar surface area (TPSA) is 120 Å². The molecule has 9 nitrogen and oxygen atoms in total. The number of hydrogen-bond donors (Lipinski definition) is 2. The molecule has 1 aromatic heterocycles. The van der Waals surface area contributed by atoms with Gasteiger partial charge in [-0.3, -0.25) is 10.1 Å². The summed E-state index contributed by atoms with van der Waals surface area (Å²) in [5.41, 5.74) is 0.527. The lowest BCUT2D eigenvalue weighted by Crippen LogP contribution is -2.41. The van der Waals surface area contributed by atoms with Gasteiger partial charge >= 0.3 is 0 Å². The van der Waals surface area contributed by atoms with Crippen LogP contribution in [0.15, 0.2) is 52.9 Å². The van der Waals surface area contributed by atoms with Gasteiger partial charge in [0, 0.05) is 17.5 Å². The number of sulfonamides is 1. The number of rotatable bonds is 6. The van der Waals surface area contributed by atoms with Gasteiger partial charge < -0.3 is 9.47 Å². The number of anilines is 1. The van der Waals surface area contributed by atoms with E-state index in [1.54, 1.807) is 55.6 Å². The molecule has 0 saturated heterocycles. The molecule has 1 aliphatic heterocycles. The van der Waals surface area contributed by atoms with E-state index in [0.29, 0.717) is 29.0 Å². The number of nitrogens with zero attached hydrogens (tertiary/aromatic N) is 2. The van der Waals surface area contributed by atoms with Crippen molar-refractivity contribution in [3.63, 3.8) is 0 Å². The third-order valence-electron chi connectivity index (χ3n) is 4.86. The van der Waals surface area contributed by atoms with Gasteiger partial charge in [0.15, 0.2) is 0 Å². The third-order valence-corrected chi connectivity index (χ3v) is 7.54. The summed E-state index contributed by atoms with van der Waals surface area (Å²) in [5.74, 6) is 0.784. The maximum absolute atomic E-state index is 13.1. The summed E-state index contributed by atoms with van der Waals surface area (Å²) in [6.07, 6.45) is 0.406. The molecule has 32 heavy (non-hydrogen) atoms. The molecule has 0 spiro atoms. The first kappa shape index (κ1) is 22.2. The summed E-state index contributed by atoms with van der Waals surface area (Å²) in [6.45, 7) is 3.78. The first-order valence-electron chi connectivity index (χ1n) is 9.76. The minimum absolute atomic E-state index is 0.0913. The summed E-state index contributed by atoms with van der Waals surface area (Å²) < 4.78 is 39.9. The summed E-state index contributed by atoms with van der Waals surface area (Å²) in [4.78, 5) is 12.3. The van der Waals surface area contributed by atoms with Gasteiger partial charge in [0.25, 0.3) is 15.9 Å². The number of nitrogens with one attached hydrogen (secondary N) is 2. The minimum atomic E-state index is -4.00. The van der Waals surface area contributed by atoms with Crippen molar-refractivity contribution in [3.05, 3.63) is 59.7 Å². The first-order chi connectivity index (χ1) is 15.2. The van der Waals surface area contributed by atoms with E-state index in [2.05, 4.69) is 20.2 Å². The maximum Gasteiger partial charge on any atom is 0.270 e. The minimum Gasteiger partial charge on any atom is -0.497 e. The van der Waals surface area contributed by atoms with Gasteiger partial charge in [0.1, 0.15) is 17.1 Å². The molecule has 0 radical (unpaired) electrons. The lowest BCUT2D eigenvalue weighted by Gasteiger charge is -2.37. The van der Waals surface area contributed by atoms with Crippen molar-refractivity contribution in [2.24, 2.45) is 0 Å².